The molecule has 1 N–H and O–H groups in total. The second-order valence-corrected chi connectivity index (χ2v) is 5.08. The number of nitrogens with zero attached hydrogens (tertiary/aromatic N) is 3. The molecule has 0 radical (unpaired) electrons. The maximum atomic E-state index is 9.83. The summed E-state index contributed by atoms with van der Waals surface area (Å²) in [6.45, 7) is 7.12. The van der Waals surface area contributed by atoms with Crippen molar-refractivity contribution in [2.75, 3.05) is 31.2 Å². The fourth-order valence-corrected chi connectivity index (χ4v) is 2.05. The standard InChI is InChI=1S/C12H21N3O3/c1-9(2)7-10(16)8-11-13-12(14-18-11)15-3-5-17-6-4-15/h9-10,16H,3-8H2,1-2H3. The number of rotatable bonds is 5. The van der Waals surface area contributed by atoms with E-state index in [4.69, 9.17) is 9.26 Å². The first kappa shape index (κ1) is 13.3. The number of aromatic nitrogens is 2. The van der Waals surface area contributed by atoms with Gasteiger partial charge in [0.15, 0.2) is 0 Å². The molecule has 1 aromatic rings. The third kappa shape index (κ3) is 3.68. The van der Waals surface area contributed by atoms with Crippen LogP contribution in [0, 0.1) is 5.92 Å². The van der Waals surface area contributed by atoms with Crippen molar-refractivity contribution in [3.63, 3.8) is 0 Å². The van der Waals surface area contributed by atoms with Gasteiger partial charge in [0.1, 0.15) is 0 Å². The lowest BCUT2D eigenvalue weighted by atomic mass is 10.0. The van der Waals surface area contributed by atoms with Crippen molar-refractivity contribution >= 4 is 5.95 Å². The summed E-state index contributed by atoms with van der Waals surface area (Å²) < 4.78 is 10.4. The van der Waals surface area contributed by atoms with Crippen molar-refractivity contribution < 1.29 is 14.4 Å². The van der Waals surface area contributed by atoms with Gasteiger partial charge in [-0.05, 0) is 17.5 Å². The fourth-order valence-electron chi connectivity index (χ4n) is 2.05. The molecule has 0 bridgehead atoms. The van der Waals surface area contributed by atoms with Gasteiger partial charge in [0.05, 0.1) is 25.7 Å². The number of morpholine rings is 1. The highest BCUT2D eigenvalue weighted by molar-refractivity contribution is 5.28. The predicted octanol–water partition coefficient (Wildman–Crippen LogP) is 0.856. The predicted molar refractivity (Wildman–Crippen MR) is 66.5 cm³/mol. The van der Waals surface area contributed by atoms with Crippen molar-refractivity contribution in [2.45, 2.75) is 32.8 Å². The second kappa shape index (κ2) is 6.15. The molecule has 6 heteroatoms. The third-order valence-electron chi connectivity index (χ3n) is 2.91. The van der Waals surface area contributed by atoms with Crippen LogP contribution in [0.4, 0.5) is 5.95 Å². The van der Waals surface area contributed by atoms with Gasteiger partial charge in [-0.25, -0.2) is 0 Å². The van der Waals surface area contributed by atoms with Crippen LogP contribution in [0.3, 0.4) is 0 Å². The van der Waals surface area contributed by atoms with Crippen LogP contribution in [-0.4, -0.2) is 47.7 Å². The zero-order valence-electron chi connectivity index (χ0n) is 11.0. The Kier molecular flexibility index (Phi) is 4.54. The minimum Gasteiger partial charge on any atom is -0.393 e. The average molecular weight is 255 g/mol. The van der Waals surface area contributed by atoms with Crippen molar-refractivity contribution in [2.24, 2.45) is 5.92 Å². The lowest BCUT2D eigenvalue weighted by Crippen LogP contribution is -2.36. The molecule has 6 nitrogen and oxygen atoms in total. The fraction of sp³-hybridized carbons (Fsp3) is 0.833. The topological polar surface area (TPSA) is 71.6 Å². The Balaban J connectivity index is 1.89. The van der Waals surface area contributed by atoms with Gasteiger partial charge in [0.2, 0.25) is 5.89 Å². The van der Waals surface area contributed by atoms with E-state index in [-0.39, 0.29) is 0 Å². The van der Waals surface area contributed by atoms with Crippen LogP contribution in [0.1, 0.15) is 26.2 Å². The van der Waals surface area contributed by atoms with Gasteiger partial charge in [-0.3, -0.25) is 0 Å². The van der Waals surface area contributed by atoms with E-state index in [1.165, 1.54) is 0 Å². The van der Waals surface area contributed by atoms with Crippen LogP contribution in [0.2, 0.25) is 0 Å². The smallest absolute Gasteiger partial charge is 0.266 e. The van der Waals surface area contributed by atoms with E-state index in [1.54, 1.807) is 0 Å². The molecule has 0 spiro atoms. The van der Waals surface area contributed by atoms with Crippen LogP contribution in [0.15, 0.2) is 4.52 Å². The van der Waals surface area contributed by atoms with Crippen LogP contribution in [0.25, 0.3) is 0 Å². The number of aliphatic hydroxyl groups excluding tert-OH is 1. The van der Waals surface area contributed by atoms with E-state index < -0.39 is 6.10 Å². The molecule has 2 rings (SSSR count). The summed E-state index contributed by atoms with van der Waals surface area (Å²) in [5, 5.41) is 13.8. The second-order valence-electron chi connectivity index (χ2n) is 5.08. The lowest BCUT2D eigenvalue weighted by Gasteiger charge is -2.24. The highest BCUT2D eigenvalue weighted by atomic mass is 16.5. The normalized spacial score (nSPS) is 18.3. The molecular formula is C12H21N3O3. The Morgan fingerprint density at radius 3 is 2.72 bits per heavy atom. The molecule has 1 aliphatic rings. The maximum Gasteiger partial charge on any atom is 0.266 e. The minimum atomic E-state index is -0.414. The van der Waals surface area contributed by atoms with Crippen LogP contribution in [0.5, 0.6) is 0 Å². The van der Waals surface area contributed by atoms with Crippen LogP contribution >= 0.6 is 0 Å². The molecule has 0 aromatic carbocycles. The van der Waals surface area contributed by atoms with E-state index in [2.05, 4.69) is 24.0 Å². The maximum absolute atomic E-state index is 9.83. The Morgan fingerprint density at radius 1 is 1.33 bits per heavy atom. The van der Waals surface area contributed by atoms with Gasteiger partial charge in [-0.1, -0.05) is 13.8 Å². The van der Waals surface area contributed by atoms with Crippen molar-refractivity contribution in [1.29, 1.82) is 0 Å². The molecule has 2 heterocycles. The first-order valence-electron chi connectivity index (χ1n) is 6.48. The average Bonchev–Trinajstić information content (AvgIpc) is 2.77. The third-order valence-corrected chi connectivity index (χ3v) is 2.91. The van der Waals surface area contributed by atoms with Gasteiger partial charge >= 0.3 is 0 Å². The van der Waals surface area contributed by atoms with E-state index in [0.717, 1.165) is 19.5 Å². The Morgan fingerprint density at radius 2 is 2.06 bits per heavy atom. The van der Waals surface area contributed by atoms with Gasteiger partial charge in [0.25, 0.3) is 5.95 Å². The first-order valence-corrected chi connectivity index (χ1v) is 6.48. The van der Waals surface area contributed by atoms with E-state index >= 15 is 0 Å². The lowest BCUT2D eigenvalue weighted by molar-refractivity contribution is 0.121. The van der Waals surface area contributed by atoms with Gasteiger partial charge in [0, 0.05) is 13.1 Å². The van der Waals surface area contributed by atoms with E-state index in [9.17, 15) is 5.11 Å². The quantitative estimate of drug-likeness (QED) is 0.841. The largest absolute Gasteiger partial charge is 0.393 e. The summed E-state index contributed by atoms with van der Waals surface area (Å²) in [6.07, 6.45) is 0.758. The summed E-state index contributed by atoms with van der Waals surface area (Å²) in [4.78, 5) is 6.35. The number of hydrogen-bond acceptors (Lipinski definition) is 6. The van der Waals surface area contributed by atoms with Gasteiger partial charge in [-0.2, -0.15) is 4.98 Å². The molecule has 1 aromatic heterocycles. The molecular weight excluding hydrogens is 234 g/mol. The van der Waals surface area contributed by atoms with E-state index in [1.807, 2.05) is 4.90 Å². The number of aliphatic hydroxyl groups is 1. The highest BCUT2D eigenvalue weighted by Crippen LogP contribution is 2.14. The summed E-state index contributed by atoms with van der Waals surface area (Å²) in [7, 11) is 0. The molecule has 1 saturated heterocycles. The zero-order valence-corrected chi connectivity index (χ0v) is 11.0. The number of anilines is 1. The molecule has 1 atom stereocenters. The zero-order chi connectivity index (χ0) is 13.0. The Labute approximate surface area is 107 Å². The highest BCUT2D eigenvalue weighted by Gasteiger charge is 2.18. The molecule has 0 saturated carbocycles. The van der Waals surface area contributed by atoms with Crippen LogP contribution in [-0.2, 0) is 11.2 Å². The van der Waals surface area contributed by atoms with Crippen molar-refractivity contribution in [3.05, 3.63) is 5.89 Å². The summed E-state index contributed by atoms with van der Waals surface area (Å²) in [5.74, 6) is 1.57. The summed E-state index contributed by atoms with van der Waals surface area (Å²) in [6, 6.07) is 0. The van der Waals surface area contributed by atoms with Gasteiger partial charge in [-0.15, -0.1) is 0 Å². The number of ether oxygens (including phenoxy) is 1. The Bertz CT molecular complexity index is 361. The Hall–Kier alpha value is -1.14. The molecule has 1 unspecified atom stereocenters. The number of hydrogen-bond donors (Lipinski definition) is 1. The monoisotopic (exact) mass is 255 g/mol. The molecule has 102 valence electrons. The molecule has 0 aliphatic carbocycles. The van der Waals surface area contributed by atoms with Crippen molar-refractivity contribution in [3.8, 4) is 0 Å². The van der Waals surface area contributed by atoms with Crippen molar-refractivity contribution in [1.82, 2.24) is 10.1 Å². The first-order chi connectivity index (χ1) is 8.65. The summed E-state index contributed by atoms with van der Waals surface area (Å²) >= 11 is 0. The molecule has 1 fully saturated rings. The summed E-state index contributed by atoms with van der Waals surface area (Å²) in [5.41, 5.74) is 0. The molecule has 0 amide bonds. The molecule has 18 heavy (non-hydrogen) atoms. The van der Waals surface area contributed by atoms with Crippen LogP contribution < -0.4 is 4.90 Å². The van der Waals surface area contributed by atoms with Gasteiger partial charge < -0.3 is 19.3 Å². The van der Waals surface area contributed by atoms with E-state index in [0.29, 0.717) is 37.4 Å². The SMILES string of the molecule is CC(C)CC(O)Cc1nc(N2CCOCC2)no1. The minimum absolute atomic E-state index is 0.414. The molecule has 1 aliphatic heterocycles.